The van der Waals surface area contributed by atoms with Gasteiger partial charge in [-0.3, -0.25) is 4.79 Å². The van der Waals surface area contributed by atoms with Gasteiger partial charge in [0.25, 0.3) is 0 Å². The molecule has 1 heterocycles. The van der Waals surface area contributed by atoms with Crippen molar-refractivity contribution in [3.8, 4) is 11.8 Å². The summed E-state index contributed by atoms with van der Waals surface area (Å²) in [5, 5.41) is 2.40. The van der Waals surface area contributed by atoms with Crippen molar-refractivity contribution in [2.45, 2.75) is 109 Å². The quantitative estimate of drug-likeness (QED) is 0.241. The molecule has 4 aliphatic rings. The Balaban J connectivity index is 1.34. The van der Waals surface area contributed by atoms with Crippen LogP contribution < -0.4 is 4.90 Å². The Morgan fingerprint density at radius 1 is 1.02 bits per heavy atom. The van der Waals surface area contributed by atoms with E-state index in [-0.39, 0.29) is 28.9 Å². The maximum absolute atomic E-state index is 14.7. The molecule has 0 unspecified atom stereocenters. The third kappa shape index (κ3) is 5.91. The molecule has 3 aliphatic carbocycles. The van der Waals surface area contributed by atoms with Crippen LogP contribution in [0.5, 0.6) is 0 Å². The molecule has 1 saturated heterocycles. The van der Waals surface area contributed by atoms with Crippen molar-refractivity contribution in [3.63, 3.8) is 0 Å². The highest BCUT2D eigenvalue weighted by Crippen LogP contribution is 2.59. The predicted molar refractivity (Wildman–Crippen MR) is 181 cm³/mol. The summed E-state index contributed by atoms with van der Waals surface area (Å²) in [5.41, 5.74) is 0.998. The van der Waals surface area contributed by atoms with E-state index in [2.05, 4.69) is 95.1 Å². The molecule has 0 aromatic heterocycles. The number of ether oxygens (including phenoxy) is 2. The first kappa shape index (κ1) is 31.8. The Hall–Kier alpha value is -2.17. The number of nitrogens with zero attached hydrogens (tertiary/aromatic N) is 1. The topological polar surface area (TPSA) is 48.0 Å². The van der Waals surface area contributed by atoms with Gasteiger partial charge in [-0.25, -0.2) is 0 Å². The van der Waals surface area contributed by atoms with Crippen LogP contribution in [-0.2, 0) is 18.7 Å². The monoisotopic (exact) mass is 615 g/mol. The van der Waals surface area contributed by atoms with Gasteiger partial charge in [-0.15, -0.1) is 0 Å². The summed E-state index contributed by atoms with van der Waals surface area (Å²) < 4.78 is 19.5. The molecule has 6 rings (SSSR count). The van der Waals surface area contributed by atoms with E-state index in [1.807, 2.05) is 4.90 Å². The standard InChI is InChI=1S/C38H53NO4Si/c1-7-39(34-19-13-17-27-14-11-12-18-29(27)34)36(40)31-20-22-33-32(26-38(33)41-24-25-42-38)30(31)21-23-35(28-15-9-8-10-16-28)43-44(5,6)37(2,3)4/h11-14,17-19,28,30-33,35H,7-10,15-16,20,22,24-26H2,1-6H3/t30-,31-,32-,33+,35-/m1/s1. The van der Waals surface area contributed by atoms with Crippen molar-refractivity contribution in [3.05, 3.63) is 42.5 Å². The molecule has 1 spiro atoms. The highest BCUT2D eigenvalue weighted by molar-refractivity contribution is 6.74. The van der Waals surface area contributed by atoms with Crippen molar-refractivity contribution in [1.82, 2.24) is 0 Å². The molecule has 44 heavy (non-hydrogen) atoms. The zero-order chi connectivity index (χ0) is 31.1. The summed E-state index contributed by atoms with van der Waals surface area (Å²) in [5.74, 6) is 8.22. The first-order valence-corrected chi connectivity index (χ1v) is 20.2. The Morgan fingerprint density at radius 2 is 1.73 bits per heavy atom. The number of rotatable bonds is 6. The van der Waals surface area contributed by atoms with Crippen LogP contribution in [0, 0.1) is 41.4 Å². The van der Waals surface area contributed by atoms with E-state index in [1.165, 1.54) is 32.1 Å². The second-order valence-electron chi connectivity index (χ2n) is 15.3. The van der Waals surface area contributed by atoms with E-state index >= 15 is 0 Å². The molecular weight excluding hydrogens is 563 g/mol. The molecule has 1 aliphatic heterocycles. The minimum Gasteiger partial charge on any atom is -0.403 e. The molecule has 2 aromatic carbocycles. The summed E-state index contributed by atoms with van der Waals surface area (Å²) >= 11 is 0. The molecule has 0 bridgehead atoms. The van der Waals surface area contributed by atoms with Crippen LogP contribution in [-0.4, -0.2) is 45.9 Å². The third-order valence-electron chi connectivity index (χ3n) is 11.7. The fourth-order valence-electron chi connectivity index (χ4n) is 8.17. The number of carbonyl (C=O) groups is 1. The average Bonchev–Trinajstić information content (AvgIpc) is 3.51. The van der Waals surface area contributed by atoms with Gasteiger partial charge in [0.1, 0.15) is 6.10 Å². The second-order valence-corrected chi connectivity index (χ2v) is 20.0. The molecule has 0 radical (unpaired) electrons. The lowest BCUT2D eigenvalue weighted by molar-refractivity contribution is -0.293. The van der Waals surface area contributed by atoms with Crippen LogP contribution >= 0.6 is 0 Å². The minimum absolute atomic E-state index is 0.0298. The molecule has 5 atom stereocenters. The van der Waals surface area contributed by atoms with Crippen molar-refractivity contribution in [2.75, 3.05) is 24.7 Å². The van der Waals surface area contributed by atoms with E-state index in [1.54, 1.807) is 0 Å². The highest BCUT2D eigenvalue weighted by atomic mass is 28.4. The van der Waals surface area contributed by atoms with Crippen LogP contribution in [0.25, 0.3) is 10.8 Å². The van der Waals surface area contributed by atoms with Crippen molar-refractivity contribution in [1.29, 1.82) is 0 Å². The maximum atomic E-state index is 14.7. The molecule has 3 saturated carbocycles. The lowest BCUT2D eigenvalue weighted by Gasteiger charge is -2.57. The number of amides is 1. The zero-order valence-electron chi connectivity index (χ0n) is 27.9. The smallest absolute Gasteiger partial charge is 0.231 e. The average molecular weight is 616 g/mol. The number of benzene rings is 2. The number of fused-ring (bicyclic) bond motifs is 3. The van der Waals surface area contributed by atoms with Gasteiger partial charge in [0.15, 0.2) is 14.1 Å². The van der Waals surface area contributed by atoms with Crippen molar-refractivity contribution in [2.24, 2.45) is 29.6 Å². The minimum atomic E-state index is -2.03. The van der Waals surface area contributed by atoms with Gasteiger partial charge in [-0.2, -0.15) is 0 Å². The summed E-state index contributed by atoms with van der Waals surface area (Å²) in [6.45, 7) is 15.7. The summed E-state index contributed by atoms with van der Waals surface area (Å²) in [4.78, 5) is 16.7. The molecule has 1 amide bonds. The molecule has 238 valence electrons. The Kier molecular flexibility index (Phi) is 9.07. The van der Waals surface area contributed by atoms with Gasteiger partial charge in [-0.1, -0.05) is 88.3 Å². The van der Waals surface area contributed by atoms with Crippen LogP contribution in [0.3, 0.4) is 0 Å². The van der Waals surface area contributed by atoms with E-state index in [0.29, 0.717) is 37.5 Å². The van der Waals surface area contributed by atoms with E-state index in [4.69, 9.17) is 13.9 Å². The van der Waals surface area contributed by atoms with Crippen molar-refractivity contribution >= 4 is 30.7 Å². The van der Waals surface area contributed by atoms with Gasteiger partial charge < -0.3 is 18.8 Å². The van der Waals surface area contributed by atoms with Crippen LogP contribution in [0.4, 0.5) is 5.69 Å². The normalized spacial score (nSPS) is 27.7. The SMILES string of the molecule is CCN(C(=O)[C@@H]1CC[C@H]2[C@H](CC23OCCO3)[C@@H]1C#C[C@@H](O[Si](C)(C)C(C)(C)C)C1CCCCC1)c1cccc2ccccc12. The van der Waals surface area contributed by atoms with Gasteiger partial charge in [0.05, 0.1) is 24.8 Å². The molecule has 2 aromatic rings. The Bertz CT molecular complexity index is 1390. The zero-order valence-corrected chi connectivity index (χ0v) is 28.9. The van der Waals surface area contributed by atoms with Gasteiger partial charge in [0.2, 0.25) is 5.91 Å². The van der Waals surface area contributed by atoms with E-state index < -0.39 is 14.1 Å². The molecule has 4 fully saturated rings. The first-order chi connectivity index (χ1) is 21.0. The largest absolute Gasteiger partial charge is 0.403 e. The number of carbonyl (C=O) groups excluding carboxylic acids is 1. The summed E-state index contributed by atoms with van der Waals surface area (Å²) in [7, 11) is -2.03. The summed E-state index contributed by atoms with van der Waals surface area (Å²) in [6.07, 6.45) is 8.71. The molecule has 5 nitrogen and oxygen atoms in total. The summed E-state index contributed by atoms with van der Waals surface area (Å²) in [6, 6.07) is 14.7. The Labute approximate surface area is 266 Å². The predicted octanol–water partition coefficient (Wildman–Crippen LogP) is 8.57. The molecule has 0 N–H and O–H groups in total. The number of hydrogen-bond acceptors (Lipinski definition) is 4. The van der Waals surface area contributed by atoms with Crippen LogP contribution in [0.1, 0.15) is 79.1 Å². The maximum Gasteiger partial charge on any atom is 0.231 e. The first-order valence-electron chi connectivity index (χ1n) is 17.3. The molecule has 6 heteroatoms. The fraction of sp³-hybridized carbons (Fsp3) is 0.658. The number of hydrogen-bond donors (Lipinski definition) is 0. The second kappa shape index (κ2) is 12.6. The van der Waals surface area contributed by atoms with E-state index in [9.17, 15) is 4.79 Å². The highest BCUT2D eigenvalue weighted by Gasteiger charge is 2.63. The fourth-order valence-corrected chi connectivity index (χ4v) is 9.40. The Morgan fingerprint density at radius 3 is 2.43 bits per heavy atom. The lowest BCUT2D eigenvalue weighted by atomic mass is 9.53. The lowest BCUT2D eigenvalue weighted by Crippen LogP contribution is -2.61. The van der Waals surface area contributed by atoms with Gasteiger partial charge in [0, 0.05) is 30.2 Å². The third-order valence-corrected chi connectivity index (χ3v) is 16.2. The van der Waals surface area contributed by atoms with Gasteiger partial charge >= 0.3 is 0 Å². The van der Waals surface area contributed by atoms with Crippen LogP contribution in [0.2, 0.25) is 18.1 Å². The van der Waals surface area contributed by atoms with Crippen molar-refractivity contribution < 1.29 is 18.7 Å². The van der Waals surface area contributed by atoms with Gasteiger partial charge in [-0.05, 0) is 74.0 Å². The molecular formula is C38H53NO4Si. The van der Waals surface area contributed by atoms with E-state index in [0.717, 1.165) is 35.7 Å². The van der Waals surface area contributed by atoms with Crippen LogP contribution in [0.15, 0.2) is 42.5 Å². The number of anilines is 1.